The first kappa shape index (κ1) is 8.65. The van der Waals surface area contributed by atoms with E-state index in [2.05, 4.69) is 13.5 Å². The molecule has 2 heteroatoms. The molecule has 0 aromatic heterocycles. The van der Waals surface area contributed by atoms with Gasteiger partial charge in [0, 0.05) is 0 Å². The molecule has 0 saturated carbocycles. The van der Waals surface area contributed by atoms with Crippen molar-refractivity contribution in [3.8, 4) is 0 Å². The van der Waals surface area contributed by atoms with Crippen molar-refractivity contribution < 1.29 is 0 Å². The summed E-state index contributed by atoms with van der Waals surface area (Å²) < 4.78 is 0. The van der Waals surface area contributed by atoms with Crippen molar-refractivity contribution in [3.63, 3.8) is 0 Å². The van der Waals surface area contributed by atoms with Gasteiger partial charge < -0.3 is 11.5 Å². The monoisotopic (exact) mass is 162 g/mol. The fourth-order valence-corrected chi connectivity index (χ4v) is 0.999. The SMILES string of the molecule is C=C(CC)c1ccc(N)c(N)c1. The number of nitrogens with two attached hydrogens (primary N) is 2. The van der Waals surface area contributed by atoms with Crippen LogP contribution >= 0.6 is 0 Å². The van der Waals surface area contributed by atoms with Crippen LogP contribution in [0.15, 0.2) is 24.8 Å². The first-order chi connectivity index (χ1) is 5.65. The summed E-state index contributed by atoms with van der Waals surface area (Å²) in [5, 5.41) is 0. The summed E-state index contributed by atoms with van der Waals surface area (Å²) in [6, 6.07) is 5.62. The van der Waals surface area contributed by atoms with Crippen molar-refractivity contribution >= 4 is 16.9 Å². The lowest BCUT2D eigenvalue weighted by atomic mass is 10.0. The predicted molar refractivity (Wildman–Crippen MR) is 54.6 cm³/mol. The maximum atomic E-state index is 5.65. The van der Waals surface area contributed by atoms with Gasteiger partial charge in [0.05, 0.1) is 11.4 Å². The number of anilines is 2. The summed E-state index contributed by atoms with van der Waals surface area (Å²) in [7, 11) is 0. The standard InChI is InChI=1S/C10H14N2/c1-3-7(2)8-4-5-9(11)10(12)6-8/h4-6H,2-3,11-12H2,1H3. The van der Waals surface area contributed by atoms with Crippen molar-refractivity contribution in [2.75, 3.05) is 11.5 Å². The molecule has 0 amide bonds. The van der Waals surface area contributed by atoms with Crippen LogP contribution in [0, 0.1) is 0 Å². The zero-order chi connectivity index (χ0) is 9.14. The van der Waals surface area contributed by atoms with E-state index in [4.69, 9.17) is 11.5 Å². The molecule has 0 atom stereocenters. The third-order valence-corrected chi connectivity index (χ3v) is 1.92. The maximum Gasteiger partial charge on any atom is 0.0553 e. The van der Waals surface area contributed by atoms with E-state index in [-0.39, 0.29) is 0 Å². The minimum atomic E-state index is 0.627. The van der Waals surface area contributed by atoms with Crippen LogP contribution in [-0.2, 0) is 0 Å². The molecule has 2 nitrogen and oxygen atoms in total. The topological polar surface area (TPSA) is 52.0 Å². The molecule has 1 aromatic carbocycles. The number of allylic oxidation sites excluding steroid dienone is 1. The molecule has 1 rings (SSSR count). The Balaban J connectivity index is 3.05. The highest BCUT2D eigenvalue weighted by Gasteiger charge is 1.98. The van der Waals surface area contributed by atoms with Crippen molar-refractivity contribution in [2.45, 2.75) is 13.3 Å². The minimum absolute atomic E-state index is 0.627. The molecule has 0 aliphatic heterocycles. The summed E-state index contributed by atoms with van der Waals surface area (Å²) in [5.74, 6) is 0. The zero-order valence-corrected chi connectivity index (χ0v) is 7.30. The van der Waals surface area contributed by atoms with Gasteiger partial charge in [-0.2, -0.15) is 0 Å². The van der Waals surface area contributed by atoms with Crippen LogP contribution in [0.4, 0.5) is 11.4 Å². The zero-order valence-electron chi connectivity index (χ0n) is 7.30. The highest BCUT2D eigenvalue weighted by molar-refractivity contribution is 5.72. The predicted octanol–water partition coefficient (Wildman–Crippen LogP) is 2.27. The Morgan fingerprint density at radius 1 is 1.33 bits per heavy atom. The van der Waals surface area contributed by atoms with Gasteiger partial charge in [0.1, 0.15) is 0 Å². The summed E-state index contributed by atoms with van der Waals surface area (Å²) in [6.07, 6.45) is 0.934. The van der Waals surface area contributed by atoms with Crippen molar-refractivity contribution in [1.29, 1.82) is 0 Å². The lowest BCUT2D eigenvalue weighted by molar-refractivity contribution is 1.25. The molecular weight excluding hydrogens is 148 g/mol. The lowest BCUT2D eigenvalue weighted by Crippen LogP contribution is -1.95. The Hall–Kier alpha value is -1.44. The Bertz CT molecular complexity index is 303. The normalized spacial score (nSPS) is 9.75. The molecule has 0 aliphatic rings. The second kappa shape index (κ2) is 3.30. The van der Waals surface area contributed by atoms with Crippen molar-refractivity contribution in [3.05, 3.63) is 30.3 Å². The fourth-order valence-electron chi connectivity index (χ4n) is 0.999. The minimum Gasteiger partial charge on any atom is -0.397 e. The van der Waals surface area contributed by atoms with Crippen molar-refractivity contribution in [1.82, 2.24) is 0 Å². The average molecular weight is 162 g/mol. The van der Waals surface area contributed by atoms with Crippen LogP contribution in [0.2, 0.25) is 0 Å². The molecule has 0 aliphatic carbocycles. The molecule has 0 saturated heterocycles. The van der Waals surface area contributed by atoms with Gasteiger partial charge in [0.25, 0.3) is 0 Å². The van der Waals surface area contributed by atoms with Gasteiger partial charge >= 0.3 is 0 Å². The number of hydrogen-bond acceptors (Lipinski definition) is 2. The summed E-state index contributed by atoms with van der Waals surface area (Å²) in [5.41, 5.74) is 14.6. The first-order valence-corrected chi connectivity index (χ1v) is 3.98. The van der Waals surface area contributed by atoms with E-state index in [0.717, 1.165) is 17.6 Å². The van der Waals surface area contributed by atoms with Gasteiger partial charge in [-0.25, -0.2) is 0 Å². The molecule has 0 fully saturated rings. The van der Waals surface area contributed by atoms with E-state index in [1.54, 1.807) is 0 Å². The summed E-state index contributed by atoms with van der Waals surface area (Å²) >= 11 is 0. The van der Waals surface area contributed by atoms with Gasteiger partial charge in [-0.05, 0) is 29.7 Å². The van der Waals surface area contributed by atoms with E-state index < -0.39 is 0 Å². The van der Waals surface area contributed by atoms with Gasteiger partial charge in [-0.1, -0.05) is 19.6 Å². The van der Waals surface area contributed by atoms with Crippen molar-refractivity contribution in [2.24, 2.45) is 0 Å². The highest BCUT2D eigenvalue weighted by Crippen LogP contribution is 2.22. The van der Waals surface area contributed by atoms with Crippen LogP contribution in [-0.4, -0.2) is 0 Å². The van der Waals surface area contributed by atoms with Gasteiger partial charge in [0.2, 0.25) is 0 Å². The number of benzene rings is 1. The number of hydrogen-bond donors (Lipinski definition) is 2. The molecule has 4 N–H and O–H groups in total. The lowest BCUT2D eigenvalue weighted by Gasteiger charge is -2.05. The molecule has 1 aromatic rings. The van der Waals surface area contributed by atoms with E-state index in [9.17, 15) is 0 Å². The Morgan fingerprint density at radius 2 is 2.00 bits per heavy atom. The molecule has 0 unspecified atom stereocenters. The molecule has 64 valence electrons. The number of rotatable bonds is 2. The van der Waals surface area contributed by atoms with E-state index >= 15 is 0 Å². The second-order valence-electron chi connectivity index (χ2n) is 2.80. The highest BCUT2D eigenvalue weighted by atomic mass is 14.7. The van der Waals surface area contributed by atoms with E-state index in [1.165, 1.54) is 0 Å². The summed E-state index contributed by atoms with van der Waals surface area (Å²) in [6.45, 7) is 5.98. The van der Waals surface area contributed by atoms with Crippen LogP contribution in [0.25, 0.3) is 5.57 Å². The van der Waals surface area contributed by atoms with E-state index in [1.807, 2.05) is 18.2 Å². The van der Waals surface area contributed by atoms with Crippen LogP contribution in [0.5, 0.6) is 0 Å². The molecule has 0 spiro atoms. The smallest absolute Gasteiger partial charge is 0.0553 e. The van der Waals surface area contributed by atoms with E-state index in [0.29, 0.717) is 11.4 Å². The van der Waals surface area contributed by atoms with Crippen LogP contribution in [0.3, 0.4) is 0 Å². The Morgan fingerprint density at radius 3 is 2.50 bits per heavy atom. The number of nitrogen functional groups attached to an aromatic ring is 2. The molecular formula is C10H14N2. The van der Waals surface area contributed by atoms with Gasteiger partial charge in [0.15, 0.2) is 0 Å². The van der Waals surface area contributed by atoms with Gasteiger partial charge in [-0.15, -0.1) is 0 Å². The Kier molecular flexibility index (Phi) is 2.38. The Labute approximate surface area is 72.9 Å². The van der Waals surface area contributed by atoms with Crippen LogP contribution < -0.4 is 11.5 Å². The molecule has 0 heterocycles. The third kappa shape index (κ3) is 1.59. The molecule has 0 bridgehead atoms. The third-order valence-electron chi connectivity index (χ3n) is 1.92. The molecule has 12 heavy (non-hydrogen) atoms. The quantitative estimate of drug-likeness (QED) is 0.655. The largest absolute Gasteiger partial charge is 0.397 e. The second-order valence-corrected chi connectivity index (χ2v) is 2.80. The average Bonchev–Trinajstić information content (AvgIpc) is 2.08. The van der Waals surface area contributed by atoms with Crippen LogP contribution in [0.1, 0.15) is 18.9 Å². The fraction of sp³-hybridized carbons (Fsp3) is 0.200. The summed E-state index contributed by atoms with van der Waals surface area (Å²) in [4.78, 5) is 0. The first-order valence-electron chi connectivity index (χ1n) is 3.98. The molecule has 0 radical (unpaired) electrons. The van der Waals surface area contributed by atoms with Gasteiger partial charge in [-0.3, -0.25) is 0 Å². The maximum absolute atomic E-state index is 5.65.